The first-order valence-corrected chi connectivity index (χ1v) is 6.99. The van der Waals surface area contributed by atoms with Crippen LogP contribution in [0.15, 0.2) is 48.5 Å². The van der Waals surface area contributed by atoms with E-state index >= 15 is 0 Å². The Morgan fingerprint density at radius 2 is 1.45 bits per heavy atom. The minimum atomic E-state index is -0.888. The summed E-state index contributed by atoms with van der Waals surface area (Å²) in [4.78, 5) is 10.8. The fraction of sp³-hybridized carbons (Fsp3) is 0.278. The zero-order chi connectivity index (χ0) is 14.5. The molecular formula is C18H20O2. The molecule has 0 atom stereocenters. The molecule has 0 aliphatic carbocycles. The van der Waals surface area contributed by atoms with Crippen molar-refractivity contribution in [3.8, 4) is 11.1 Å². The van der Waals surface area contributed by atoms with E-state index in [1.54, 1.807) is 12.1 Å². The first kappa shape index (κ1) is 14.3. The van der Waals surface area contributed by atoms with Crippen molar-refractivity contribution in [2.24, 2.45) is 5.92 Å². The third-order valence-corrected chi connectivity index (χ3v) is 3.43. The first-order valence-electron chi connectivity index (χ1n) is 6.99. The van der Waals surface area contributed by atoms with Gasteiger partial charge in [0.15, 0.2) is 0 Å². The molecule has 2 aromatic rings. The van der Waals surface area contributed by atoms with E-state index in [-0.39, 0.29) is 0 Å². The third kappa shape index (κ3) is 3.70. The number of rotatable bonds is 5. The molecule has 0 aliphatic rings. The molecule has 0 fully saturated rings. The number of carboxylic acids is 1. The molecular weight excluding hydrogens is 248 g/mol. The largest absolute Gasteiger partial charge is 0.478 e. The summed E-state index contributed by atoms with van der Waals surface area (Å²) >= 11 is 0. The van der Waals surface area contributed by atoms with Gasteiger partial charge in [0.05, 0.1) is 5.56 Å². The lowest BCUT2D eigenvalue weighted by molar-refractivity contribution is 0.0697. The Morgan fingerprint density at radius 1 is 0.950 bits per heavy atom. The van der Waals surface area contributed by atoms with Gasteiger partial charge in [0.1, 0.15) is 0 Å². The lowest BCUT2D eigenvalue weighted by Crippen LogP contribution is -1.95. The Kier molecular flexibility index (Phi) is 4.57. The lowest BCUT2D eigenvalue weighted by Gasteiger charge is -2.07. The maximum atomic E-state index is 10.8. The van der Waals surface area contributed by atoms with Crippen molar-refractivity contribution >= 4 is 5.97 Å². The minimum Gasteiger partial charge on any atom is -0.478 e. The van der Waals surface area contributed by atoms with E-state index in [9.17, 15) is 4.79 Å². The van der Waals surface area contributed by atoms with Crippen LogP contribution in [0.2, 0.25) is 0 Å². The van der Waals surface area contributed by atoms with Crippen molar-refractivity contribution in [2.45, 2.75) is 26.7 Å². The van der Waals surface area contributed by atoms with Gasteiger partial charge in [0, 0.05) is 0 Å². The van der Waals surface area contributed by atoms with Crippen molar-refractivity contribution in [2.75, 3.05) is 0 Å². The van der Waals surface area contributed by atoms with Crippen LogP contribution in [0.4, 0.5) is 0 Å². The molecule has 2 heteroatoms. The second-order valence-corrected chi connectivity index (χ2v) is 5.51. The van der Waals surface area contributed by atoms with Crippen LogP contribution >= 0.6 is 0 Å². The van der Waals surface area contributed by atoms with Crippen LogP contribution in [-0.4, -0.2) is 11.1 Å². The van der Waals surface area contributed by atoms with Crippen LogP contribution in [0.5, 0.6) is 0 Å². The van der Waals surface area contributed by atoms with Gasteiger partial charge in [-0.25, -0.2) is 4.79 Å². The van der Waals surface area contributed by atoms with E-state index in [4.69, 9.17) is 5.11 Å². The molecule has 0 aliphatic heterocycles. The number of carboxylic acid groups (broad SMARTS) is 1. The van der Waals surface area contributed by atoms with Crippen LogP contribution in [0.25, 0.3) is 11.1 Å². The van der Waals surface area contributed by atoms with Crippen molar-refractivity contribution in [3.05, 3.63) is 59.7 Å². The maximum absolute atomic E-state index is 10.8. The molecule has 0 saturated carbocycles. The quantitative estimate of drug-likeness (QED) is 0.857. The van der Waals surface area contributed by atoms with E-state index in [0.29, 0.717) is 5.56 Å². The van der Waals surface area contributed by atoms with Gasteiger partial charge in [-0.15, -0.1) is 0 Å². The molecule has 0 unspecified atom stereocenters. The molecule has 0 amide bonds. The van der Waals surface area contributed by atoms with Crippen LogP contribution in [0.3, 0.4) is 0 Å². The average molecular weight is 268 g/mol. The number of hydrogen-bond donors (Lipinski definition) is 1. The van der Waals surface area contributed by atoms with Crippen molar-refractivity contribution < 1.29 is 9.90 Å². The van der Waals surface area contributed by atoms with Gasteiger partial charge in [-0.05, 0) is 47.6 Å². The fourth-order valence-electron chi connectivity index (χ4n) is 2.12. The topological polar surface area (TPSA) is 37.3 Å². The highest BCUT2D eigenvalue weighted by Crippen LogP contribution is 2.21. The Morgan fingerprint density at radius 3 is 1.90 bits per heavy atom. The summed E-state index contributed by atoms with van der Waals surface area (Å²) in [6.45, 7) is 4.47. The highest BCUT2D eigenvalue weighted by Gasteiger charge is 2.03. The van der Waals surface area contributed by atoms with E-state index in [0.717, 1.165) is 23.5 Å². The molecule has 104 valence electrons. The molecule has 0 aromatic heterocycles. The van der Waals surface area contributed by atoms with Gasteiger partial charge in [-0.3, -0.25) is 0 Å². The summed E-state index contributed by atoms with van der Waals surface area (Å²) < 4.78 is 0. The minimum absolute atomic E-state index is 0.322. The summed E-state index contributed by atoms with van der Waals surface area (Å²) in [5.74, 6) is -0.168. The summed E-state index contributed by atoms with van der Waals surface area (Å²) in [5, 5.41) is 8.89. The molecule has 0 bridgehead atoms. The van der Waals surface area contributed by atoms with Gasteiger partial charge >= 0.3 is 5.97 Å². The monoisotopic (exact) mass is 268 g/mol. The Hall–Kier alpha value is -2.09. The summed E-state index contributed by atoms with van der Waals surface area (Å²) in [6.07, 6.45) is 2.31. The molecule has 1 N–H and O–H groups in total. The van der Waals surface area contributed by atoms with Gasteiger partial charge < -0.3 is 5.11 Å². The van der Waals surface area contributed by atoms with E-state index in [1.165, 1.54) is 12.0 Å². The maximum Gasteiger partial charge on any atom is 0.335 e. The van der Waals surface area contributed by atoms with Crippen molar-refractivity contribution in [1.82, 2.24) is 0 Å². The van der Waals surface area contributed by atoms with E-state index in [2.05, 4.69) is 38.1 Å². The lowest BCUT2D eigenvalue weighted by atomic mass is 9.99. The normalized spacial score (nSPS) is 10.8. The van der Waals surface area contributed by atoms with Crippen molar-refractivity contribution in [3.63, 3.8) is 0 Å². The van der Waals surface area contributed by atoms with Gasteiger partial charge in [-0.1, -0.05) is 50.2 Å². The van der Waals surface area contributed by atoms with E-state index < -0.39 is 5.97 Å². The fourth-order valence-corrected chi connectivity index (χ4v) is 2.12. The Balaban J connectivity index is 2.11. The molecule has 20 heavy (non-hydrogen) atoms. The van der Waals surface area contributed by atoms with Crippen LogP contribution in [0.1, 0.15) is 36.2 Å². The van der Waals surface area contributed by atoms with Gasteiger partial charge in [0.2, 0.25) is 0 Å². The highest BCUT2D eigenvalue weighted by molar-refractivity contribution is 5.88. The molecule has 2 nitrogen and oxygen atoms in total. The van der Waals surface area contributed by atoms with Crippen LogP contribution < -0.4 is 0 Å². The second-order valence-electron chi connectivity index (χ2n) is 5.51. The predicted molar refractivity (Wildman–Crippen MR) is 82.0 cm³/mol. The number of benzene rings is 2. The Bertz CT molecular complexity index is 565. The second kappa shape index (κ2) is 6.38. The van der Waals surface area contributed by atoms with Gasteiger partial charge in [0.25, 0.3) is 0 Å². The standard InChI is InChI=1S/C18H20O2/c1-13(2)3-4-14-5-7-15(8-6-14)16-9-11-17(12-10-16)18(19)20/h5-13H,3-4H2,1-2H3,(H,19,20). The average Bonchev–Trinajstić information content (AvgIpc) is 2.46. The summed E-state index contributed by atoms with van der Waals surface area (Å²) in [7, 11) is 0. The number of aromatic carboxylic acids is 1. The number of carbonyl (C=O) groups is 1. The zero-order valence-corrected chi connectivity index (χ0v) is 12.0. The predicted octanol–water partition coefficient (Wildman–Crippen LogP) is 4.64. The zero-order valence-electron chi connectivity index (χ0n) is 12.0. The number of hydrogen-bond acceptors (Lipinski definition) is 1. The van der Waals surface area contributed by atoms with Crippen LogP contribution in [-0.2, 0) is 6.42 Å². The number of aryl methyl sites for hydroxylation is 1. The molecule has 0 saturated heterocycles. The first-order chi connectivity index (χ1) is 9.56. The molecule has 2 rings (SSSR count). The van der Waals surface area contributed by atoms with Crippen molar-refractivity contribution in [1.29, 1.82) is 0 Å². The molecule has 0 spiro atoms. The molecule has 0 radical (unpaired) electrons. The third-order valence-electron chi connectivity index (χ3n) is 3.43. The highest BCUT2D eigenvalue weighted by atomic mass is 16.4. The SMILES string of the molecule is CC(C)CCc1ccc(-c2ccc(C(=O)O)cc2)cc1. The molecule has 0 heterocycles. The molecule has 2 aromatic carbocycles. The summed E-state index contributed by atoms with van der Waals surface area (Å²) in [6, 6.07) is 15.5. The smallest absolute Gasteiger partial charge is 0.335 e. The Labute approximate surface area is 120 Å². The van der Waals surface area contributed by atoms with Crippen LogP contribution in [0, 0.1) is 5.92 Å². The van der Waals surface area contributed by atoms with Gasteiger partial charge in [-0.2, -0.15) is 0 Å². The summed E-state index contributed by atoms with van der Waals surface area (Å²) in [5.41, 5.74) is 3.84. The van der Waals surface area contributed by atoms with E-state index in [1.807, 2.05) is 12.1 Å².